The van der Waals surface area contributed by atoms with E-state index in [1.165, 1.54) is 11.1 Å². The molecule has 168 valence electrons. The minimum atomic E-state index is -0.485. The first-order valence-corrected chi connectivity index (χ1v) is 10.9. The van der Waals surface area contributed by atoms with E-state index < -0.39 is 6.10 Å². The molecule has 1 aliphatic rings. The summed E-state index contributed by atoms with van der Waals surface area (Å²) in [5.41, 5.74) is 4.26. The largest absolute Gasteiger partial charge is 0.497 e. The van der Waals surface area contributed by atoms with Gasteiger partial charge < -0.3 is 19.9 Å². The van der Waals surface area contributed by atoms with Gasteiger partial charge in [-0.25, -0.2) is 0 Å². The standard InChI is InChI=1S/C25H34N2O4/c1-16(28)15-31-24-10-9-23(17(2)18(24)3)19(4)27-13-20(14-27)12-26-25(29)21-7-6-8-22(11-21)30-5/h6-11,16,19-20,28H,12-15H2,1-5H3,(H,26,29)/t16-,19?/m1/s1. The van der Waals surface area contributed by atoms with Crippen molar-refractivity contribution in [2.45, 2.75) is 39.8 Å². The molecule has 0 bridgehead atoms. The number of benzene rings is 2. The van der Waals surface area contributed by atoms with Gasteiger partial charge in [0.15, 0.2) is 0 Å². The Balaban J connectivity index is 1.51. The van der Waals surface area contributed by atoms with Gasteiger partial charge >= 0.3 is 0 Å². The molecule has 0 saturated carbocycles. The van der Waals surface area contributed by atoms with Crippen LogP contribution in [-0.4, -0.2) is 55.4 Å². The number of nitrogens with one attached hydrogen (secondary N) is 1. The molecule has 1 saturated heterocycles. The minimum Gasteiger partial charge on any atom is -0.497 e. The van der Waals surface area contributed by atoms with E-state index in [0.717, 1.165) is 24.4 Å². The molecule has 2 aromatic carbocycles. The molecule has 6 heteroatoms. The van der Waals surface area contributed by atoms with E-state index >= 15 is 0 Å². The predicted octanol–water partition coefficient (Wildman–Crippen LogP) is 3.49. The number of carbonyl (C=O) groups is 1. The molecule has 31 heavy (non-hydrogen) atoms. The van der Waals surface area contributed by atoms with Gasteiger partial charge in [-0.05, 0) is 68.7 Å². The molecule has 0 aliphatic carbocycles. The molecule has 1 heterocycles. The number of nitrogens with zero attached hydrogens (tertiary/aromatic N) is 1. The predicted molar refractivity (Wildman–Crippen MR) is 122 cm³/mol. The van der Waals surface area contributed by atoms with Crippen molar-refractivity contribution in [2.75, 3.05) is 33.4 Å². The fourth-order valence-electron chi connectivity index (χ4n) is 3.99. The maximum Gasteiger partial charge on any atom is 0.251 e. The van der Waals surface area contributed by atoms with Crippen LogP contribution in [0.2, 0.25) is 0 Å². The van der Waals surface area contributed by atoms with E-state index in [-0.39, 0.29) is 5.91 Å². The van der Waals surface area contributed by atoms with Crippen LogP contribution in [0.4, 0.5) is 0 Å². The van der Waals surface area contributed by atoms with Crippen molar-refractivity contribution >= 4 is 5.91 Å². The number of aliphatic hydroxyl groups is 1. The second-order valence-corrected chi connectivity index (χ2v) is 8.50. The lowest BCUT2D eigenvalue weighted by Gasteiger charge is -2.44. The van der Waals surface area contributed by atoms with Gasteiger partial charge in [-0.1, -0.05) is 12.1 Å². The highest BCUT2D eigenvalue weighted by Crippen LogP contribution is 2.34. The van der Waals surface area contributed by atoms with Crippen molar-refractivity contribution in [1.29, 1.82) is 0 Å². The summed E-state index contributed by atoms with van der Waals surface area (Å²) in [4.78, 5) is 14.8. The monoisotopic (exact) mass is 426 g/mol. The number of carbonyl (C=O) groups excluding carboxylic acids is 1. The number of hydrogen-bond donors (Lipinski definition) is 2. The van der Waals surface area contributed by atoms with Crippen LogP contribution in [0.1, 0.15) is 46.9 Å². The zero-order valence-electron chi connectivity index (χ0n) is 19.1. The Morgan fingerprint density at radius 1 is 1.19 bits per heavy atom. The fourth-order valence-corrected chi connectivity index (χ4v) is 3.99. The SMILES string of the molecule is COc1cccc(C(=O)NCC2CN(C(C)c3ccc(OC[C@@H](C)O)c(C)c3C)C2)c1. The second-order valence-electron chi connectivity index (χ2n) is 8.50. The van der Waals surface area contributed by atoms with Gasteiger partial charge in [-0.15, -0.1) is 0 Å². The highest BCUT2D eigenvalue weighted by molar-refractivity contribution is 5.94. The Labute approximate surface area is 185 Å². The lowest BCUT2D eigenvalue weighted by atomic mass is 9.91. The lowest BCUT2D eigenvalue weighted by molar-refractivity contribution is 0.0569. The van der Waals surface area contributed by atoms with E-state index in [0.29, 0.717) is 36.4 Å². The van der Waals surface area contributed by atoms with Gasteiger partial charge in [0.1, 0.15) is 18.1 Å². The van der Waals surface area contributed by atoms with Crippen LogP contribution in [0.3, 0.4) is 0 Å². The topological polar surface area (TPSA) is 71.0 Å². The summed E-state index contributed by atoms with van der Waals surface area (Å²) in [6, 6.07) is 11.6. The molecule has 1 unspecified atom stereocenters. The maximum atomic E-state index is 12.4. The molecule has 3 rings (SSSR count). The summed E-state index contributed by atoms with van der Waals surface area (Å²) >= 11 is 0. The molecule has 1 fully saturated rings. The van der Waals surface area contributed by atoms with E-state index in [9.17, 15) is 9.90 Å². The number of aliphatic hydroxyl groups excluding tert-OH is 1. The third-order valence-corrected chi connectivity index (χ3v) is 6.13. The van der Waals surface area contributed by atoms with Crippen molar-refractivity contribution in [3.63, 3.8) is 0 Å². The van der Waals surface area contributed by atoms with Gasteiger partial charge in [0.05, 0.1) is 13.2 Å². The quantitative estimate of drug-likeness (QED) is 0.642. The Kier molecular flexibility index (Phi) is 7.57. The molecule has 0 radical (unpaired) electrons. The summed E-state index contributed by atoms with van der Waals surface area (Å²) < 4.78 is 10.9. The number of amides is 1. The smallest absolute Gasteiger partial charge is 0.251 e. The molecular formula is C25H34N2O4. The zero-order valence-corrected chi connectivity index (χ0v) is 19.1. The third kappa shape index (κ3) is 5.57. The van der Waals surface area contributed by atoms with Crippen LogP contribution in [0.15, 0.2) is 36.4 Å². The van der Waals surface area contributed by atoms with Gasteiger partial charge in [0.25, 0.3) is 5.91 Å². The van der Waals surface area contributed by atoms with Crippen molar-refractivity contribution in [2.24, 2.45) is 5.92 Å². The fraction of sp³-hybridized carbons (Fsp3) is 0.480. The zero-order chi connectivity index (χ0) is 22.5. The Morgan fingerprint density at radius 2 is 1.94 bits per heavy atom. The lowest BCUT2D eigenvalue weighted by Crippen LogP contribution is -2.52. The van der Waals surface area contributed by atoms with Gasteiger partial charge in [0.2, 0.25) is 0 Å². The Hall–Kier alpha value is -2.57. The van der Waals surface area contributed by atoms with E-state index in [1.54, 1.807) is 26.2 Å². The van der Waals surface area contributed by atoms with Crippen molar-refractivity contribution in [3.05, 3.63) is 58.7 Å². The molecule has 0 aromatic heterocycles. The molecule has 2 N–H and O–H groups in total. The van der Waals surface area contributed by atoms with Crippen LogP contribution in [0.5, 0.6) is 11.5 Å². The molecular weight excluding hydrogens is 392 g/mol. The van der Waals surface area contributed by atoms with Crippen LogP contribution in [0, 0.1) is 19.8 Å². The van der Waals surface area contributed by atoms with Gasteiger partial charge in [-0.2, -0.15) is 0 Å². The van der Waals surface area contributed by atoms with E-state index in [1.807, 2.05) is 18.2 Å². The summed E-state index contributed by atoms with van der Waals surface area (Å²) in [5, 5.41) is 12.5. The number of ether oxygens (including phenoxy) is 2. The molecule has 2 aromatic rings. The normalized spacial score (nSPS) is 16.3. The molecule has 1 aliphatic heterocycles. The highest BCUT2D eigenvalue weighted by atomic mass is 16.5. The maximum absolute atomic E-state index is 12.4. The molecule has 6 nitrogen and oxygen atoms in total. The minimum absolute atomic E-state index is 0.0651. The van der Waals surface area contributed by atoms with Gasteiger partial charge in [0, 0.05) is 37.2 Å². The first-order chi connectivity index (χ1) is 14.8. The molecule has 1 amide bonds. The van der Waals surface area contributed by atoms with Gasteiger partial charge in [-0.3, -0.25) is 9.69 Å². The Morgan fingerprint density at radius 3 is 2.61 bits per heavy atom. The first kappa shape index (κ1) is 23.1. The van der Waals surface area contributed by atoms with Crippen LogP contribution in [0.25, 0.3) is 0 Å². The van der Waals surface area contributed by atoms with Crippen LogP contribution in [-0.2, 0) is 0 Å². The summed E-state index contributed by atoms with van der Waals surface area (Å²) in [7, 11) is 1.60. The van der Waals surface area contributed by atoms with Crippen LogP contribution >= 0.6 is 0 Å². The second kappa shape index (κ2) is 10.2. The number of hydrogen-bond acceptors (Lipinski definition) is 5. The average Bonchev–Trinajstić information content (AvgIpc) is 2.73. The van der Waals surface area contributed by atoms with E-state index in [2.05, 4.69) is 37.1 Å². The summed E-state index contributed by atoms with van der Waals surface area (Å²) in [6.07, 6.45) is -0.485. The summed E-state index contributed by atoms with van der Waals surface area (Å²) in [5.74, 6) is 1.90. The number of rotatable bonds is 9. The Bertz CT molecular complexity index is 906. The van der Waals surface area contributed by atoms with Crippen molar-refractivity contribution in [1.82, 2.24) is 10.2 Å². The van der Waals surface area contributed by atoms with E-state index in [4.69, 9.17) is 9.47 Å². The number of likely N-dealkylation sites (tertiary alicyclic amines) is 1. The number of methoxy groups -OCH3 is 1. The average molecular weight is 427 g/mol. The molecule has 0 spiro atoms. The van der Waals surface area contributed by atoms with Crippen LogP contribution < -0.4 is 14.8 Å². The third-order valence-electron chi connectivity index (χ3n) is 6.13. The molecule has 2 atom stereocenters. The highest BCUT2D eigenvalue weighted by Gasteiger charge is 2.32. The summed E-state index contributed by atoms with van der Waals surface area (Å²) in [6.45, 7) is 11.0. The first-order valence-electron chi connectivity index (χ1n) is 10.9. The van der Waals surface area contributed by atoms with Crippen molar-refractivity contribution in [3.8, 4) is 11.5 Å². The van der Waals surface area contributed by atoms with Crippen molar-refractivity contribution < 1.29 is 19.4 Å².